The Morgan fingerprint density at radius 1 is 1.05 bits per heavy atom. The third-order valence-corrected chi connectivity index (χ3v) is 4.71. The normalized spacial score (nSPS) is 11.4. The second-order valence-corrected chi connectivity index (χ2v) is 5.90. The number of hydrogen-bond donors (Lipinski definition) is 2. The van der Waals surface area contributed by atoms with Gasteiger partial charge in [-0.05, 0) is 18.2 Å². The number of pyridine rings is 1. The highest BCUT2D eigenvalue weighted by molar-refractivity contribution is 7.26. The Bertz CT molecular complexity index is 1090. The van der Waals surface area contributed by atoms with Crippen LogP contribution >= 0.6 is 11.3 Å². The van der Waals surface area contributed by atoms with E-state index in [1.54, 1.807) is 17.4 Å². The lowest BCUT2D eigenvalue weighted by Gasteiger charge is -2.02. The highest BCUT2D eigenvalue weighted by atomic mass is 32.1. The molecule has 0 bridgehead atoms. The minimum atomic E-state index is -1.13. The Morgan fingerprint density at radius 2 is 1.86 bits per heavy atom. The second kappa shape index (κ2) is 4.17. The number of carboxylic acid groups (broad SMARTS) is 1. The molecule has 21 heavy (non-hydrogen) atoms. The molecule has 2 heterocycles. The number of carboxylic acids is 1. The fourth-order valence-electron chi connectivity index (χ4n) is 2.65. The van der Waals surface area contributed by atoms with Gasteiger partial charge in [-0.2, -0.15) is 0 Å². The van der Waals surface area contributed by atoms with Crippen LogP contribution in [0.15, 0.2) is 47.3 Å². The van der Waals surface area contributed by atoms with E-state index in [0.29, 0.717) is 10.9 Å². The van der Waals surface area contributed by atoms with Crippen molar-refractivity contribution in [2.45, 2.75) is 0 Å². The van der Waals surface area contributed by atoms with E-state index in [2.05, 4.69) is 4.98 Å². The topological polar surface area (TPSA) is 70.2 Å². The number of aromatic amines is 1. The summed E-state index contributed by atoms with van der Waals surface area (Å²) in [5, 5.41) is 11.6. The molecule has 2 aromatic heterocycles. The molecule has 0 unspecified atom stereocenters. The third-order valence-electron chi connectivity index (χ3n) is 3.57. The van der Waals surface area contributed by atoms with E-state index in [0.717, 1.165) is 26.2 Å². The molecule has 5 heteroatoms. The van der Waals surface area contributed by atoms with Crippen LogP contribution in [0.2, 0.25) is 0 Å². The SMILES string of the molecule is O=C(O)c1cc(=O)c2ccc3sc4ccccc4c3c2[nH]1. The molecule has 0 saturated carbocycles. The van der Waals surface area contributed by atoms with Crippen molar-refractivity contribution in [2.24, 2.45) is 0 Å². The van der Waals surface area contributed by atoms with E-state index in [1.165, 1.54) is 0 Å². The van der Waals surface area contributed by atoms with Crippen LogP contribution in [0.4, 0.5) is 0 Å². The average Bonchev–Trinajstić information content (AvgIpc) is 2.85. The van der Waals surface area contributed by atoms with Gasteiger partial charge in [0.25, 0.3) is 0 Å². The lowest BCUT2D eigenvalue weighted by Crippen LogP contribution is -2.09. The maximum Gasteiger partial charge on any atom is 0.352 e. The number of aromatic nitrogens is 1. The summed E-state index contributed by atoms with van der Waals surface area (Å²) in [7, 11) is 0. The summed E-state index contributed by atoms with van der Waals surface area (Å²) in [6.45, 7) is 0. The van der Waals surface area contributed by atoms with Crippen LogP contribution in [0.1, 0.15) is 10.5 Å². The van der Waals surface area contributed by atoms with Gasteiger partial charge in [-0.15, -0.1) is 11.3 Å². The average molecular weight is 295 g/mol. The van der Waals surface area contributed by atoms with E-state index >= 15 is 0 Å². The van der Waals surface area contributed by atoms with E-state index < -0.39 is 5.97 Å². The number of aromatic carboxylic acids is 1. The van der Waals surface area contributed by atoms with Gasteiger partial charge in [0.2, 0.25) is 0 Å². The molecule has 2 aromatic carbocycles. The minimum Gasteiger partial charge on any atom is -0.477 e. The lowest BCUT2D eigenvalue weighted by atomic mass is 10.1. The lowest BCUT2D eigenvalue weighted by molar-refractivity contribution is 0.0691. The number of fused-ring (bicyclic) bond motifs is 5. The van der Waals surface area contributed by atoms with Gasteiger partial charge in [-0.1, -0.05) is 18.2 Å². The zero-order valence-electron chi connectivity index (χ0n) is 10.7. The van der Waals surface area contributed by atoms with Gasteiger partial charge in [-0.25, -0.2) is 4.79 Å². The molecule has 0 amide bonds. The summed E-state index contributed by atoms with van der Waals surface area (Å²) in [5.74, 6) is -1.13. The molecular weight excluding hydrogens is 286 g/mol. The zero-order chi connectivity index (χ0) is 14.6. The Balaban J connectivity index is 2.31. The molecule has 0 aliphatic rings. The highest BCUT2D eigenvalue weighted by Crippen LogP contribution is 2.36. The molecule has 4 aromatic rings. The number of rotatable bonds is 1. The number of hydrogen-bond acceptors (Lipinski definition) is 3. The maximum atomic E-state index is 12.1. The van der Waals surface area contributed by atoms with E-state index in [-0.39, 0.29) is 11.1 Å². The maximum absolute atomic E-state index is 12.1. The number of H-pyrrole nitrogens is 1. The van der Waals surface area contributed by atoms with E-state index in [9.17, 15) is 9.59 Å². The predicted molar refractivity (Wildman–Crippen MR) is 84.4 cm³/mol. The quantitative estimate of drug-likeness (QED) is 0.563. The van der Waals surface area contributed by atoms with Crippen molar-refractivity contribution in [2.75, 3.05) is 0 Å². The van der Waals surface area contributed by atoms with Gasteiger partial charge in [0.1, 0.15) is 5.69 Å². The Morgan fingerprint density at radius 3 is 2.67 bits per heavy atom. The smallest absolute Gasteiger partial charge is 0.352 e. The molecule has 0 radical (unpaired) electrons. The summed E-state index contributed by atoms with van der Waals surface area (Å²) in [6, 6.07) is 12.7. The fourth-order valence-corrected chi connectivity index (χ4v) is 3.76. The molecule has 0 spiro atoms. The van der Waals surface area contributed by atoms with Crippen LogP contribution in [0, 0.1) is 0 Å². The van der Waals surface area contributed by atoms with Gasteiger partial charge in [0.05, 0.1) is 5.52 Å². The van der Waals surface area contributed by atoms with Crippen molar-refractivity contribution in [1.82, 2.24) is 4.98 Å². The summed E-state index contributed by atoms with van der Waals surface area (Å²) in [5.41, 5.74) is 0.225. The van der Waals surface area contributed by atoms with Gasteiger partial charge in [0.15, 0.2) is 5.43 Å². The van der Waals surface area contributed by atoms with Crippen LogP contribution < -0.4 is 5.43 Å². The van der Waals surface area contributed by atoms with Crippen LogP contribution in [0.25, 0.3) is 31.1 Å². The monoisotopic (exact) mass is 295 g/mol. The molecule has 2 N–H and O–H groups in total. The first-order chi connectivity index (χ1) is 10.1. The Hall–Kier alpha value is -2.66. The van der Waals surface area contributed by atoms with Crippen molar-refractivity contribution >= 4 is 48.4 Å². The van der Waals surface area contributed by atoms with Crippen molar-refractivity contribution in [3.63, 3.8) is 0 Å². The van der Waals surface area contributed by atoms with Gasteiger partial charge < -0.3 is 10.1 Å². The second-order valence-electron chi connectivity index (χ2n) is 4.81. The predicted octanol–water partition coefficient (Wildman–Crippen LogP) is 3.59. The third kappa shape index (κ3) is 1.68. The highest BCUT2D eigenvalue weighted by Gasteiger charge is 2.13. The van der Waals surface area contributed by atoms with Crippen molar-refractivity contribution in [3.05, 3.63) is 58.4 Å². The standard InChI is InChI=1S/C16H9NO3S/c18-11-7-10(16(19)20)17-15-8(11)5-6-13-14(15)9-3-1-2-4-12(9)21-13/h1-7H,(H,17,18)(H,19,20). The summed E-state index contributed by atoms with van der Waals surface area (Å²) < 4.78 is 2.14. The van der Waals surface area contributed by atoms with E-state index in [4.69, 9.17) is 5.11 Å². The Kier molecular flexibility index (Phi) is 2.40. The number of benzene rings is 2. The van der Waals surface area contributed by atoms with Crippen LogP contribution in [0.3, 0.4) is 0 Å². The largest absolute Gasteiger partial charge is 0.477 e. The summed E-state index contributed by atoms with van der Waals surface area (Å²) in [4.78, 5) is 26.2. The number of thiophene rings is 1. The first kappa shape index (κ1) is 12.1. The first-order valence-corrected chi connectivity index (χ1v) is 7.17. The summed E-state index contributed by atoms with van der Waals surface area (Å²) >= 11 is 1.63. The van der Waals surface area contributed by atoms with Crippen LogP contribution in [-0.4, -0.2) is 16.1 Å². The van der Waals surface area contributed by atoms with Crippen molar-refractivity contribution in [3.8, 4) is 0 Å². The van der Waals surface area contributed by atoms with Gasteiger partial charge >= 0.3 is 5.97 Å². The molecule has 0 saturated heterocycles. The van der Waals surface area contributed by atoms with E-state index in [1.807, 2.05) is 30.3 Å². The molecular formula is C16H9NO3S. The molecule has 0 atom stereocenters. The molecule has 4 rings (SSSR count). The van der Waals surface area contributed by atoms with Crippen molar-refractivity contribution in [1.29, 1.82) is 0 Å². The van der Waals surface area contributed by atoms with Gasteiger partial charge in [0, 0.05) is 31.6 Å². The van der Waals surface area contributed by atoms with Crippen molar-refractivity contribution < 1.29 is 9.90 Å². The molecule has 0 aliphatic heterocycles. The summed E-state index contributed by atoms with van der Waals surface area (Å²) in [6.07, 6.45) is 0. The Labute approximate surface area is 122 Å². The number of carbonyl (C=O) groups is 1. The van der Waals surface area contributed by atoms with Crippen LogP contribution in [0.5, 0.6) is 0 Å². The minimum absolute atomic E-state index is 0.0877. The van der Waals surface area contributed by atoms with Crippen LogP contribution in [-0.2, 0) is 0 Å². The molecule has 102 valence electrons. The molecule has 0 fully saturated rings. The molecule has 0 aliphatic carbocycles. The first-order valence-electron chi connectivity index (χ1n) is 6.36. The zero-order valence-corrected chi connectivity index (χ0v) is 11.5. The number of nitrogens with one attached hydrogen (secondary N) is 1. The fraction of sp³-hybridized carbons (Fsp3) is 0. The van der Waals surface area contributed by atoms with Gasteiger partial charge in [-0.3, -0.25) is 4.79 Å². The molecule has 4 nitrogen and oxygen atoms in total.